The van der Waals surface area contributed by atoms with Gasteiger partial charge in [-0.3, -0.25) is 0 Å². The van der Waals surface area contributed by atoms with Crippen LogP contribution in [0, 0.1) is 13.8 Å². The summed E-state index contributed by atoms with van der Waals surface area (Å²) in [5.74, 6) is 0.980. The second kappa shape index (κ2) is 6.06. The van der Waals surface area contributed by atoms with Crippen LogP contribution in [0.15, 0.2) is 23.2 Å². The molecule has 0 saturated carbocycles. The van der Waals surface area contributed by atoms with E-state index in [1.807, 2.05) is 0 Å². The van der Waals surface area contributed by atoms with Gasteiger partial charge >= 0.3 is 0 Å². The molecular weight excluding hydrogens is 266 g/mol. The lowest BCUT2D eigenvalue weighted by Crippen LogP contribution is -2.14. The van der Waals surface area contributed by atoms with E-state index in [1.165, 1.54) is 16.7 Å². The quantitative estimate of drug-likeness (QED) is 0.895. The number of benzene rings is 1. The molecule has 0 atom stereocenters. The van der Waals surface area contributed by atoms with Crippen molar-refractivity contribution in [2.45, 2.75) is 20.4 Å². The third kappa shape index (κ3) is 3.65. The van der Waals surface area contributed by atoms with Crippen molar-refractivity contribution in [1.29, 1.82) is 0 Å². The van der Waals surface area contributed by atoms with Crippen molar-refractivity contribution in [3.63, 3.8) is 0 Å². The van der Waals surface area contributed by atoms with Gasteiger partial charge < -0.3 is 10.1 Å². The highest BCUT2D eigenvalue weighted by Crippen LogP contribution is 2.24. The van der Waals surface area contributed by atoms with Crippen molar-refractivity contribution in [3.05, 3.63) is 39.9 Å². The van der Waals surface area contributed by atoms with Crippen molar-refractivity contribution >= 4 is 15.9 Å². The highest BCUT2D eigenvalue weighted by atomic mass is 79.9. The molecule has 88 valence electrons. The molecule has 1 N–H and O–H groups in total. The molecule has 1 aromatic carbocycles. The monoisotopic (exact) mass is 283 g/mol. The Morgan fingerprint density at radius 1 is 1.38 bits per heavy atom. The van der Waals surface area contributed by atoms with Crippen LogP contribution in [0.2, 0.25) is 0 Å². The normalized spacial score (nSPS) is 10.2. The molecule has 0 aromatic heterocycles. The average molecular weight is 284 g/mol. The highest BCUT2D eigenvalue weighted by Gasteiger charge is 2.04. The number of nitrogens with one attached hydrogen (secondary N) is 1. The molecule has 0 saturated heterocycles. The van der Waals surface area contributed by atoms with E-state index in [4.69, 9.17) is 4.74 Å². The van der Waals surface area contributed by atoms with Gasteiger partial charge in [-0.05, 0) is 30.5 Å². The maximum absolute atomic E-state index is 5.33. The van der Waals surface area contributed by atoms with Crippen LogP contribution < -0.4 is 10.1 Å². The molecule has 0 aliphatic rings. The van der Waals surface area contributed by atoms with Gasteiger partial charge in [-0.2, -0.15) is 0 Å². The molecule has 0 unspecified atom stereocenters. The first-order valence-electron chi connectivity index (χ1n) is 5.22. The van der Waals surface area contributed by atoms with Crippen LogP contribution in [0.5, 0.6) is 5.75 Å². The van der Waals surface area contributed by atoms with Gasteiger partial charge in [0.15, 0.2) is 0 Å². The Balaban J connectivity index is 2.72. The topological polar surface area (TPSA) is 21.3 Å². The minimum atomic E-state index is 0.782. The van der Waals surface area contributed by atoms with E-state index in [-0.39, 0.29) is 0 Å². The molecule has 0 spiro atoms. The summed E-state index contributed by atoms with van der Waals surface area (Å²) < 4.78 is 6.30. The lowest BCUT2D eigenvalue weighted by molar-refractivity contribution is 0.408. The first-order chi connectivity index (χ1) is 7.54. The fourth-order valence-electron chi connectivity index (χ4n) is 1.81. The Labute approximate surface area is 106 Å². The van der Waals surface area contributed by atoms with Gasteiger partial charge in [0.1, 0.15) is 5.75 Å². The van der Waals surface area contributed by atoms with Crippen LogP contribution in [-0.2, 0) is 6.54 Å². The molecular formula is C13H18BrNO. The maximum Gasteiger partial charge on any atom is 0.124 e. The first kappa shape index (κ1) is 13.3. The van der Waals surface area contributed by atoms with E-state index in [0.717, 1.165) is 23.3 Å². The number of methoxy groups -OCH3 is 1. The van der Waals surface area contributed by atoms with Crippen LogP contribution in [0.25, 0.3) is 0 Å². The Morgan fingerprint density at radius 2 is 1.94 bits per heavy atom. The van der Waals surface area contributed by atoms with Gasteiger partial charge in [0.2, 0.25) is 0 Å². The number of ether oxygens (including phenoxy) is 1. The standard InChI is InChI=1S/C13H18BrNO/c1-9-5-12(8-15-7-11(3)14)6-10(2)13(9)16-4/h5-6,15H,3,7-8H2,1-2,4H3. The molecule has 16 heavy (non-hydrogen) atoms. The Bertz CT molecular complexity index is 365. The number of rotatable bonds is 5. The fourth-order valence-corrected chi connectivity index (χ4v) is 2.00. The predicted octanol–water partition coefficient (Wildman–Crippen LogP) is 3.31. The molecule has 1 aromatic rings. The summed E-state index contributed by atoms with van der Waals surface area (Å²) in [7, 11) is 1.71. The van der Waals surface area contributed by atoms with Crippen molar-refractivity contribution in [3.8, 4) is 5.75 Å². The number of hydrogen-bond donors (Lipinski definition) is 1. The Kier molecular flexibility index (Phi) is 5.03. The van der Waals surface area contributed by atoms with Gasteiger partial charge in [0.25, 0.3) is 0 Å². The SMILES string of the molecule is C=C(Br)CNCc1cc(C)c(OC)c(C)c1. The average Bonchev–Trinajstić information content (AvgIpc) is 2.16. The molecule has 0 radical (unpaired) electrons. The number of halogens is 1. The van der Waals surface area contributed by atoms with Gasteiger partial charge in [-0.15, -0.1) is 0 Å². The number of hydrogen-bond acceptors (Lipinski definition) is 2. The minimum absolute atomic E-state index is 0.782. The summed E-state index contributed by atoms with van der Waals surface area (Å²) in [6, 6.07) is 4.30. The van der Waals surface area contributed by atoms with Crippen LogP contribution in [-0.4, -0.2) is 13.7 Å². The third-order valence-electron chi connectivity index (χ3n) is 2.37. The lowest BCUT2D eigenvalue weighted by atomic mass is 10.1. The molecule has 1 rings (SSSR count). The van der Waals surface area contributed by atoms with E-state index in [0.29, 0.717) is 0 Å². The maximum atomic E-state index is 5.33. The van der Waals surface area contributed by atoms with Gasteiger partial charge in [0, 0.05) is 17.6 Å². The predicted molar refractivity (Wildman–Crippen MR) is 72.2 cm³/mol. The van der Waals surface area contributed by atoms with Crippen LogP contribution in [0.3, 0.4) is 0 Å². The van der Waals surface area contributed by atoms with Crippen LogP contribution >= 0.6 is 15.9 Å². The second-order valence-corrected chi connectivity index (χ2v) is 5.01. The highest BCUT2D eigenvalue weighted by molar-refractivity contribution is 9.11. The van der Waals surface area contributed by atoms with Gasteiger partial charge in [-0.25, -0.2) is 0 Å². The summed E-state index contributed by atoms with van der Waals surface area (Å²) in [6.07, 6.45) is 0. The van der Waals surface area contributed by atoms with E-state index < -0.39 is 0 Å². The fraction of sp³-hybridized carbons (Fsp3) is 0.385. The smallest absolute Gasteiger partial charge is 0.124 e. The third-order valence-corrected chi connectivity index (χ3v) is 2.65. The zero-order chi connectivity index (χ0) is 12.1. The number of aryl methyl sites for hydroxylation is 2. The van der Waals surface area contributed by atoms with Gasteiger partial charge in [-0.1, -0.05) is 34.6 Å². The van der Waals surface area contributed by atoms with E-state index in [9.17, 15) is 0 Å². The summed E-state index contributed by atoms with van der Waals surface area (Å²) >= 11 is 3.32. The van der Waals surface area contributed by atoms with Crippen LogP contribution in [0.4, 0.5) is 0 Å². The largest absolute Gasteiger partial charge is 0.496 e. The molecule has 0 fully saturated rings. The van der Waals surface area contributed by atoms with E-state index in [1.54, 1.807) is 7.11 Å². The van der Waals surface area contributed by atoms with E-state index >= 15 is 0 Å². The minimum Gasteiger partial charge on any atom is -0.496 e. The molecule has 0 amide bonds. The summed E-state index contributed by atoms with van der Waals surface area (Å²) in [5, 5.41) is 3.31. The molecule has 3 heteroatoms. The van der Waals surface area contributed by atoms with E-state index in [2.05, 4.69) is 53.8 Å². The molecule has 0 bridgehead atoms. The summed E-state index contributed by atoms with van der Waals surface area (Å²) in [5.41, 5.74) is 3.62. The van der Waals surface area contributed by atoms with Gasteiger partial charge in [0.05, 0.1) is 7.11 Å². The first-order valence-corrected chi connectivity index (χ1v) is 6.02. The summed E-state index contributed by atoms with van der Waals surface area (Å²) in [4.78, 5) is 0. The second-order valence-electron chi connectivity index (χ2n) is 3.88. The van der Waals surface area contributed by atoms with Crippen LogP contribution in [0.1, 0.15) is 16.7 Å². The van der Waals surface area contributed by atoms with Crippen molar-refractivity contribution in [1.82, 2.24) is 5.32 Å². The molecule has 2 nitrogen and oxygen atoms in total. The van der Waals surface area contributed by atoms with Crippen molar-refractivity contribution in [2.24, 2.45) is 0 Å². The Hall–Kier alpha value is -0.800. The Morgan fingerprint density at radius 3 is 2.38 bits per heavy atom. The van der Waals surface area contributed by atoms with Crippen molar-refractivity contribution < 1.29 is 4.74 Å². The summed E-state index contributed by atoms with van der Waals surface area (Å²) in [6.45, 7) is 9.54. The molecule has 0 aliphatic heterocycles. The molecule has 0 heterocycles. The zero-order valence-corrected chi connectivity index (χ0v) is 11.6. The lowest BCUT2D eigenvalue weighted by Gasteiger charge is -2.11. The molecule has 0 aliphatic carbocycles. The zero-order valence-electron chi connectivity index (χ0n) is 10.1. The van der Waals surface area contributed by atoms with Crippen molar-refractivity contribution in [2.75, 3.05) is 13.7 Å².